The average molecular weight is 295 g/mol. The van der Waals surface area contributed by atoms with Crippen LogP contribution in [0.25, 0.3) is 0 Å². The van der Waals surface area contributed by atoms with E-state index in [0.717, 1.165) is 6.07 Å². The van der Waals surface area contributed by atoms with Gasteiger partial charge in [0.1, 0.15) is 11.8 Å². The molecule has 2 N–H and O–H groups in total. The van der Waals surface area contributed by atoms with Gasteiger partial charge in [-0.15, -0.1) is 13.2 Å². The van der Waals surface area contributed by atoms with Gasteiger partial charge in [0.25, 0.3) is 0 Å². The van der Waals surface area contributed by atoms with Crippen LogP contribution in [0.5, 0.6) is 17.4 Å². The molecular weight excluding hydrogens is 287 g/mol. The van der Waals surface area contributed by atoms with E-state index in [1.54, 1.807) is 0 Å². The Labute approximate surface area is 117 Å². The number of nitriles is 1. The number of hydrogen-bond donors (Lipinski definition) is 1. The van der Waals surface area contributed by atoms with Crippen LogP contribution in [0.15, 0.2) is 36.5 Å². The number of aromatic nitrogens is 1. The predicted octanol–water partition coefficient (Wildman–Crippen LogP) is 3.23. The van der Waals surface area contributed by atoms with Gasteiger partial charge >= 0.3 is 6.36 Å². The molecule has 2 rings (SSSR count). The highest BCUT2D eigenvalue weighted by atomic mass is 19.4. The van der Waals surface area contributed by atoms with Gasteiger partial charge < -0.3 is 15.2 Å². The van der Waals surface area contributed by atoms with Crippen molar-refractivity contribution in [2.45, 2.75) is 6.36 Å². The summed E-state index contributed by atoms with van der Waals surface area (Å²) in [6, 6.07) is 8.35. The molecule has 0 aliphatic rings. The van der Waals surface area contributed by atoms with Gasteiger partial charge in [0, 0.05) is 6.20 Å². The van der Waals surface area contributed by atoms with E-state index in [0.29, 0.717) is 0 Å². The summed E-state index contributed by atoms with van der Waals surface area (Å²) in [5.74, 6) is -0.926. The van der Waals surface area contributed by atoms with Gasteiger partial charge in [-0.2, -0.15) is 5.26 Å². The molecule has 0 bridgehead atoms. The molecule has 1 heterocycles. The zero-order chi connectivity index (χ0) is 15.5. The van der Waals surface area contributed by atoms with Crippen molar-refractivity contribution in [1.29, 1.82) is 5.26 Å². The Morgan fingerprint density at radius 1 is 1.14 bits per heavy atom. The van der Waals surface area contributed by atoms with E-state index < -0.39 is 12.1 Å². The third-order valence-corrected chi connectivity index (χ3v) is 2.36. The van der Waals surface area contributed by atoms with Crippen LogP contribution in [0.3, 0.4) is 0 Å². The molecule has 0 spiro atoms. The third-order valence-electron chi connectivity index (χ3n) is 2.36. The second kappa shape index (κ2) is 5.58. The zero-order valence-electron chi connectivity index (χ0n) is 10.4. The smallest absolute Gasteiger partial charge is 0.433 e. The van der Waals surface area contributed by atoms with E-state index in [9.17, 15) is 13.2 Å². The monoisotopic (exact) mass is 295 g/mol. The lowest BCUT2D eigenvalue weighted by Gasteiger charge is -2.14. The summed E-state index contributed by atoms with van der Waals surface area (Å²) in [6.07, 6.45) is -3.59. The summed E-state index contributed by atoms with van der Waals surface area (Å²) < 4.78 is 46.0. The molecule has 0 saturated carbocycles. The molecule has 0 unspecified atom stereocenters. The summed E-state index contributed by atoms with van der Waals surface area (Å²) in [5, 5.41) is 8.83. The molecule has 0 saturated heterocycles. The van der Waals surface area contributed by atoms with Crippen LogP contribution >= 0.6 is 0 Å². The average Bonchev–Trinajstić information content (AvgIpc) is 2.41. The van der Waals surface area contributed by atoms with Crippen LogP contribution in [0, 0.1) is 11.3 Å². The lowest BCUT2D eigenvalue weighted by atomic mass is 10.2. The Bertz CT molecular complexity index is 696. The Balaban J connectivity index is 2.35. The molecule has 0 fully saturated rings. The fraction of sp³-hybridized carbons (Fsp3) is 0.0769. The first-order chi connectivity index (χ1) is 9.90. The molecule has 5 nitrogen and oxygen atoms in total. The van der Waals surface area contributed by atoms with Crippen molar-refractivity contribution in [2.24, 2.45) is 0 Å². The molecule has 0 radical (unpaired) electrons. The maximum atomic E-state index is 12.3. The van der Waals surface area contributed by atoms with E-state index in [1.165, 1.54) is 30.5 Å². The molecular formula is C13H8F3N3O2. The topological polar surface area (TPSA) is 81.2 Å². The van der Waals surface area contributed by atoms with Gasteiger partial charge in [0.05, 0.1) is 5.56 Å². The highest BCUT2D eigenvalue weighted by molar-refractivity contribution is 5.61. The highest BCUT2D eigenvalue weighted by Gasteiger charge is 2.32. The second-order valence-corrected chi connectivity index (χ2v) is 3.79. The Morgan fingerprint density at radius 3 is 2.43 bits per heavy atom. The van der Waals surface area contributed by atoms with Crippen molar-refractivity contribution in [2.75, 3.05) is 5.73 Å². The van der Waals surface area contributed by atoms with Crippen LogP contribution < -0.4 is 15.2 Å². The highest BCUT2D eigenvalue weighted by Crippen LogP contribution is 2.36. The quantitative estimate of drug-likeness (QED) is 0.940. The number of pyridine rings is 1. The van der Waals surface area contributed by atoms with Crippen LogP contribution in [0.4, 0.5) is 18.9 Å². The zero-order valence-corrected chi connectivity index (χ0v) is 10.4. The van der Waals surface area contributed by atoms with Crippen molar-refractivity contribution in [3.63, 3.8) is 0 Å². The molecule has 0 amide bonds. The number of ether oxygens (including phenoxy) is 2. The van der Waals surface area contributed by atoms with Gasteiger partial charge in [0.15, 0.2) is 11.5 Å². The first kappa shape index (κ1) is 14.5. The van der Waals surface area contributed by atoms with E-state index >= 15 is 0 Å². The summed E-state index contributed by atoms with van der Waals surface area (Å²) in [5.41, 5.74) is 5.68. The fourth-order valence-corrected chi connectivity index (χ4v) is 1.48. The van der Waals surface area contributed by atoms with Crippen LogP contribution in [-0.4, -0.2) is 11.3 Å². The lowest BCUT2D eigenvalue weighted by molar-refractivity contribution is -0.275. The third kappa shape index (κ3) is 3.54. The molecule has 108 valence electrons. The maximum absolute atomic E-state index is 12.3. The number of nitrogens with zero attached hydrogens (tertiary/aromatic N) is 2. The van der Waals surface area contributed by atoms with Crippen molar-refractivity contribution < 1.29 is 22.6 Å². The second-order valence-electron chi connectivity index (χ2n) is 3.79. The minimum atomic E-state index is -4.85. The molecule has 8 heteroatoms. The SMILES string of the molecule is N#Cc1ccnc(Oc2ccccc2OC(F)(F)F)c1N. The maximum Gasteiger partial charge on any atom is 0.573 e. The van der Waals surface area contributed by atoms with Crippen LogP contribution in [0.2, 0.25) is 0 Å². The van der Waals surface area contributed by atoms with E-state index in [-0.39, 0.29) is 22.9 Å². The van der Waals surface area contributed by atoms with Crippen molar-refractivity contribution in [1.82, 2.24) is 4.98 Å². The molecule has 0 aliphatic heterocycles. The lowest BCUT2D eigenvalue weighted by Crippen LogP contribution is -2.17. The Hall–Kier alpha value is -2.95. The number of rotatable bonds is 3. The van der Waals surface area contributed by atoms with Gasteiger partial charge in [-0.1, -0.05) is 12.1 Å². The number of halogens is 3. The molecule has 0 atom stereocenters. The minimum absolute atomic E-state index is 0.0678. The Morgan fingerprint density at radius 2 is 1.81 bits per heavy atom. The predicted molar refractivity (Wildman–Crippen MR) is 66.6 cm³/mol. The molecule has 1 aromatic heterocycles. The number of anilines is 1. The Kier molecular flexibility index (Phi) is 3.84. The van der Waals surface area contributed by atoms with Crippen molar-refractivity contribution >= 4 is 5.69 Å². The molecule has 21 heavy (non-hydrogen) atoms. The summed E-state index contributed by atoms with van der Waals surface area (Å²) in [6.45, 7) is 0. The standard InChI is InChI=1S/C13H8F3N3O2/c14-13(15,16)21-10-4-2-1-3-9(10)20-12-11(18)8(7-17)5-6-19-12/h1-6H,18H2. The van der Waals surface area contributed by atoms with Crippen LogP contribution in [0.1, 0.15) is 5.56 Å². The van der Waals surface area contributed by atoms with E-state index in [2.05, 4.69) is 9.72 Å². The van der Waals surface area contributed by atoms with Crippen LogP contribution in [-0.2, 0) is 0 Å². The molecule has 1 aromatic carbocycles. The number of alkyl halides is 3. The molecule has 2 aromatic rings. The summed E-state index contributed by atoms with van der Waals surface area (Å²) in [7, 11) is 0. The normalized spacial score (nSPS) is 10.8. The summed E-state index contributed by atoms with van der Waals surface area (Å²) >= 11 is 0. The first-order valence-electron chi connectivity index (χ1n) is 5.58. The largest absolute Gasteiger partial charge is 0.573 e. The van der Waals surface area contributed by atoms with E-state index in [1.807, 2.05) is 6.07 Å². The number of nitrogen functional groups attached to an aromatic ring is 1. The van der Waals surface area contributed by atoms with Gasteiger partial charge in [-0.05, 0) is 18.2 Å². The summed E-state index contributed by atoms with van der Waals surface area (Å²) in [4.78, 5) is 3.78. The van der Waals surface area contributed by atoms with Crippen molar-refractivity contribution in [3.05, 3.63) is 42.1 Å². The van der Waals surface area contributed by atoms with Gasteiger partial charge in [-0.25, -0.2) is 4.98 Å². The number of nitrogens with two attached hydrogens (primary N) is 1. The first-order valence-corrected chi connectivity index (χ1v) is 5.58. The fourth-order valence-electron chi connectivity index (χ4n) is 1.48. The number of hydrogen-bond acceptors (Lipinski definition) is 5. The van der Waals surface area contributed by atoms with E-state index in [4.69, 9.17) is 15.7 Å². The van der Waals surface area contributed by atoms with Crippen molar-refractivity contribution in [3.8, 4) is 23.4 Å². The minimum Gasteiger partial charge on any atom is -0.433 e. The molecule has 0 aliphatic carbocycles. The van der Waals surface area contributed by atoms with Gasteiger partial charge in [0.2, 0.25) is 5.88 Å². The van der Waals surface area contributed by atoms with Gasteiger partial charge in [-0.3, -0.25) is 0 Å². The number of benzene rings is 1. The number of para-hydroxylation sites is 2.